The first kappa shape index (κ1) is 38.5. The zero-order valence-electron chi connectivity index (χ0n) is 25.3. The van der Waals surface area contributed by atoms with Gasteiger partial charge in [-0.15, -0.1) is 0 Å². The molecule has 0 rings (SSSR count). The summed E-state index contributed by atoms with van der Waals surface area (Å²) in [4.78, 5) is 12.4. The maximum absolute atomic E-state index is 12.4. The van der Waals surface area contributed by atoms with Crippen LogP contribution in [0.2, 0.25) is 0 Å². The Morgan fingerprint density at radius 3 is 1.65 bits per heavy atom. The van der Waals surface area contributed by atoms with E-state index in [0.717, 1.165) is 44.9 Å². The molecule has 0 aliphatic carbocycles. The number of unbranched alkanes of at least 4 members (excludes halogenated alkanes) is 14. The minimum absolute atomic E-state index is 0.271. The lowest BCUT2D eigenvalue weighted by Gasteiger charge is -2.22. The highest BCUT2D eigenvalue weighted by Crippen LogP contribution is 2.12. The van der Waals surface area contributed by atoms with Crippen molar-refractivity contribution in [2.45, 2.75) is 154 Å². The molecule has 40 heavy (non-hydrogen) atoms. The lowest BCUT2D eigenvalue weighted by Crippen LogP contribution is -2.50. The standard InChI is InChI=1S/C32H59NO6S/c1-3-5-7-9-11-13-14-15-16-17-19-20-22-24-26-30(34)29(28-40(37,38)39)33-32(36)31(35)27-25-23-21-18-12-10-8-6-4-2/h13-14,17,19,24,26,29-31,34-35H,3-12,15-16,18,20-23,25,27-28H2,1-2H3,(H,33,36)(H,37,38,39)/b14-13+,19-17+,26-24+. The Hall–Kier alpha value is -1.48. The zero-order valence-corrected chi connectivity index (χ0v) is 26.1. The molecule has 0 aromatic carbocycles. The van der Waals surface area contributed by atoms with Crippen molar-refractivity contribution >= 4 is 16.0 Å². The molecule has 8 heteroatoms. The Bertz CT molecular complexity index is 793. The second kappa shape index (κ2) is 26.4. The highest BCUT2D eigenvalue weighted by molar-refractivity contribution is 7.85. The van der Waals surface area contributed by atoms with Gasteiger partial charge in [-0.2, -0.15) is 8.42 Å². The maximum atomic E-state index is 12.4. The van der Waals surface area contributed by atoms with Crippen molar-refractivity contribution in [3.63, 3.8) is 0 Å². The highest BCUT2D eigenvalue weighted by atomic mass is 32.2. The van der Waals surface area contributed by atoms with Crippen LogP contribution in [0.3, 0.4) is 0 Å². The predicted octanol–water partition coefficient (Wildman–Crippen LogP) is 7.20. The minimum atomic E-state index is -4.44. The Labute approximate surface area is 245 Å². The van der Waals surface area contributed by atoms with E-state index in [1.165, 1.54) is 63.9 Å². The van der Waals surface area contributed by atoms with E-state index < -0.39 is 40.0 Å². The van der Waals surface area contributed by atoms with E-state index in [0.29, 0.717) is 12.8 Å². The van der Waals surface area contributed by atoms with Crippen molar-refractivity contribution in [1.29, 1.82) is 0 Å². The van der Waals surface area contributed by atoms with E-state index in [1.54, 1.807) is 6.08 Å². The smallest absolute Gasteiger partial charge is 0.267 e. The summed E-state index contributed by atoms with van der Waals surface area (Å²) >= 11 is 0. The summed E-state index contributed by atoms with van der Waals surface area (Å²) in [7, 11) is -4.44. The fraction of sp³-hybridized carbons (Fsp3) is 0.781. The molecule has 0 saturated heterocycles. The van der Waals surface area contributed by atoms with Crippen LogP contribution in [-0.4, -0.2) is 53.1 Å². The average molecular weight is 586 g/mol. The molecule has 0 heterocycles. The number of aliphatic hydroxyl groups is 2. The van der Waals surface area contributed by atoms with Gasteiger partial charge in [-0.25, -0.2) is 0 Å². The molecule has 7 nitrogen and oxygen atoms in total. The van der Waals surface area contributed by atoms with Crippen molar-refractivity contribution in [2.24, 2.45) is 0 Å². The molecular weight excluding hydrogens is 526 g/mol. The molecule has 0 aromatic rings. The number of hydrogen-bond donors (Lipinski definition) is 4. The second-order valence-corrected chi connectivity index (χ2v) is 12.4. The molecule has 3 atom stereocenters. The van der Waals surface area contributed by atoms with Crippen LogP contribution in [0.1, 0.15) is 136 Å². The van der Waals surface area contributed by atoms with Crippen LogP contribution in [0.15, 0.2) is 36.5 Å². The Kier molecular flexibility index (Phi) is 25.4. The molecule has 1 amide bonds. The quantitative estimate of drug-likeness (QED) is 0.0459. The van der Waals surface area contributed by atoms with Crippen molar-refractivity contribution in [2.75, 3.05) is 5.75 Å². The zero-order chi connectivity index (χ0) is 29.9. The number of nitrogens with one attached hydrogen (secondary N) is 1. The summed E-state index contributed by atoms with van der Waals surface area (Å²) in [6, 6.07) is -1.25. The Morgan fingerprint density at radius 1 is 0.675 bits per heavy atom. The van der Waals surface area contributed by atoms with E-state index in [1.807, 2.05) is 0 Å². The normalized spacial score (nSPS) is 14.8. The molecule has 0 saturated carbocycles. The van der Waals surface area contributed by atoms with Gasteiger partial charge >= 0.3 is 0 Å². The number of carbonyl (C=O) groups is 1. The number of allylic oxidation sites excluding steroid dienone is 5. The van der Waals surface area contributed by atoms with Gasteiger partial charge in [0.1, 0.15) is 6.10 Å². The third-order valence-corrected chi connectivity index (χ3v) is 7.69. The molecule has 0 aliphatic heterocycles. The third-order valence-electron chi connectivity index (χ3n) is 6.90. The van der Waals surface area contributed by atoms with Crippen LogP contribution in [0.4, 0.5) is 0 Å². The molecule has 0 fully saturated rings. The van der Waals surface area contributed by atoms with Gasteiger partial charge in [-0.3, -0.25) is 9.35 Å². The monoisotopic (exact) mass is 585 g/mol. The number of carbonyl (C=O) groups excluding carboxylic acids is 1. The topological polar surface area (TPSA) is 124 Å². The van der Waals surface area contributed by atoms with Gasteiger partial charge < -0.3 is 15.5 Å². The molecule has 0 spiro atoms. The van der Waals surface area contributed by atoms with Crippen LogP contribution in [0.25, 0.3) is 0 Å². The maximum Gasteiger partial charge on any atom is 0.267 e. The Balaban J connectivity index is 4.34. The number of hydrogen-bond acceptors (Lipinski definition) is 5. The van der Waals surface area contributed by atoms with Gasteiger partial charge in [0.05, 0.1) is 17.9 Å². The van der Waals surface area contributed by atoms with E-state index >= 15 is 0 Å². The number of aliphatic hydroxyl groups excluding tert-OH is 2. The Morgan fingerprint density at radius 2 is 1.12 bits per heavy atom. The lowest BCUT2D eigenvalue weighted by atomic mass is 10.0. The van der Waals surface area contributed by atoms with Crippen LogP contribution in [-0.2, 0) is 14.9 Å². The highest BCUT2D eigenvalue weighted by Gasteiger charge is 2.27. The summed E-state index contributed by atoms with van der Waals surface area (Å²) in [6.07, 6.45) is 29.2. The van der Waals surface area contributed by atoms with Gasteiger partial charge in [-0.05, 0) is 44.9 Å². The third kappa shape index (κ3) is 25.5. The molecule has 0 bridgehead atoms. The molecule has 0 radical (unpaired) electrons. The molecule has 234 valence electrons. The van der Waals surface area contributed by atoms with Crippen LogP contribution in [0, 0.1) is 0 Å². The second-order valence-electron chi connectivity index (χ2n) is 10.9. The summed E-state index contributed by atoms with van der Waals surface area (Å²) in [5.41, 5.74) is 0. The van der Waals surface area contributed by atoms with Crippen molar-refractivity contribution in [3.8, 4) is 0 Å². The fourth-order valence-electron chi connectivity index (χ4n) is 4.43. The van der Waals surface area contributed by atoms with E-state index in [2.05, 4.69) is 43.5 Å². The minimum Gasteiger partial charge on any atom is -0.387 e. The van der Waals surface area contributed by atoms with Gasteiger partial charge in [0.15, 0.2) is 0 Å². The molecule has 4 N–H and O–H groups in total. The van der Waals surface area contributed by atoms with Crippen LogP contribution < -0.4 is 5.32 Å². The predicted molar refractivity (Wildman–Crippen MR) is 167 cm³/mol. The first-order valence-electron chi connectivity index (χ1n) is 15.8. The summed E-state index contributed by atoms with van der Waals surface area (Å²) in [6.45, 7) is 4.41. The molecule has 3 unspecified atom stereocenters. The van der Waals surface area contributed by atoms with E-state index in [-0.39, 0.29) is 6.42 Å². The van der Waals surface area contributed by atoms with Gasteiger partial charge in [0.25, 0.3) is 10.1 Å². The summed E-state index contributed by atoms with van der Waals surface area (Å²) in [5, 5.41) is 23.1. The molecule has 0 aliphatic rings. The number of amides is 1. The molecule has 0 aromatic heterocycles. The van der Waals surface area contributed by atoms with Crippen molar-refractivity contribution in [1.82, 2.24) is 5.32 Å². The molecular formula is C32H59NO6S. The SMILES string of the molecule is CCCCCC/C=C/CC/C=C/CC/C=C/C(O)C(CS(=O)(=O)O)NC(=O)C(O)CCCCCCCCCCC. The summed E-state index contributed by atoms with van der Waals surface area (Å²) < 4.78 is 32.2. The van der Waals surface area contributed by atoms with E-state index in [9.17, 15) is 28.0 Å². The van der Waals surface area contributed by atoms with Crippen LogP contribution >= 0.6 is 0 Å². The first-order chi connectivity index (χ1) is 19.2. The largest absolute Gasteiger partial charge is 0.387 e. The fourth-order valence-corrected chi connectivity index (χ4v) is 5.16. The van der Waals surface area contributed by atoms with E-state index in [4.69, 9.17) is 0 Å². The number of rotatable bonds is 27. The summed E-state index contributed by atoms with van der Waals surface area (Å²) in [5.74, 6) is -1.57. The van der Waals surface area contributed by atoms with Crippen molar-refractivity contribution in [3.05, 3.63) is 36.5 Å². The van der Waals surface area contributed by atoms with Crippen LogP contribution in [0.5, 0.6) is 0 Å². The van der Waals surface area contributed by atoms with Gasteiger partial charge in [0, 0.05) is 0 Å². The average Bonchev–Trinajstić information content (AvgIpc) is 2.90. The van der Waals surface area contributed by atoms with Crippen molar-refractivity contribution < 1.29 is 28.0 Å². The van der Waals surface area contributed by atoms with Gasteiger partial charge in [0.2, 0.25) is 5.91 Å². The lowest BCUT2D eigenvalue weighted by molar-refractivity contribution is -0.130. The first-order valence-corrected chi connectivity index (χ1v) is 17.4. The van der Waals surface area contributed by atoms with Gasteiger partial charge in [-0.1, -0.05) is 127 Å².